The summed E-state index contributed by atoms with van der Waals surface area (Å²) in [6.07, 6.45) is 5.51. The van der Waals surface area contributed by atoms with Crippen LogP contribution in [0.5, 0.6) is 0 Å². The number of piperazine rings is 1. The average molecular weight is 274 g/mol. The Hall–Kier alpha value is -0.900. The van der Waals surface area contributed by atoms with E-state index in [9.17, 15) is 0 Å². The molecule has 0 amide bonds. The van der Waals surface area contributed by atoms with Crippen molar-refractivity contribution in [3.8, 4) is 0 Å². The molecule has 3 nitrogen and oxygen atoms in total. The first kappa shape index (κ1) is 14.1. The van der Waals surface area contributed by atoms with Gasteiger partial charge in [-0.2, -0.15) is 0 Å². The summed E-state index contributed by atoms with van der Waals surface area (Å²) in [5.41, 5.74) is 1.44. The highest BCUT2D eigenvalue weighted by atomic mass is 16.5. The lowest BCUT2D eigenvalue weighted by molar-refractivity contribution is 0.00705. The molecule has 1 saturated heterocycles. The fraction of sp³-hybridized carbons (Fsp3) is 0.647. The number of methoxy groups -OCH3 is 1. The smallest absolute Gasteiger partial charge is 0.0586 e. The number of nitrogens with one attached hydrogen (secondary N) is 1. The molecule has 3 unspecified atom stereocenters. The van der Waals surface area contributed by atoms with Crippen LogP contribution in [0.25, 0.3) is 0 Å². The molecule has 1 aliphatic carbocycles. The first-order valence-corrected chi connectivity index (χ1v) is 7.92. The van der Waals surface area contributed by atoms with E-state index in [1.54, 1.807) is 0 Å². The molecule has 2 fully saturated rings. The van der Waals surface area contributed by atoms with E-state index in [0.29, 0.717) is 18.2 Å². The normalized spacial score (nSPS) is 32.1. The van der Waals surface area contributed by atoms with Gasteiger partial charge in [0.15, 0.2) is 0 Å². The lowest BCUT2D eigenvalue weighted by Gasteiger charge is -2.44. The molecule has 3 rings (SSSR count). The summed E-state index contributed by atoms with van der Waals surface area (Å²) in [6.45, 7) is 3.33. The Kier molecular flexibility index (Phi) is 4.71. The van der Waals surface area contributed by atoms with Gasteiger partial charge < -0.3 is 10.1 Å². The van der Waals surface area contributed by atoms with Crippen LogP contribution in [0.2, 0.25) is 0 Å². The van der Waals surface area contributed by atoms with Crippen molar-refractivity contribution < 1.29 is 4.74 Å². The largest absolute Gasteiger partial charge is 0.381 e. The van der Waals surface area contributed by atoms with E-state index in [1.807, 2.05) is 7.11 Å². The zero-order valence-electron chi connectivity index (χ0n) is 12.4. The van der Waals surface area contributed by atoms with E-state index in [0.717, 1.165) is 19.6 Å². The van der Waals surface area contributed by atoms with Crippen LogP contribution < -0.4 is 5.32 Å². The van der Waals surface area contributed by atoms with Crippen molar-refractivity contribution in [3.63, 3.8) is 0 Å². The van der Waals surface area contributed by atoms with Gasteiger partial charge in [0.2, 0.25) is 0 Å². The van der Waals surface area contributed by atoms with Gasteiger partial charge in [0.25, 0.3) is 0 Å². The monoisotopic (exact) mass is 274 g/mol. The number of benzene rings is 1. The summed E-state index contributed by atoms with van der Waals surface area (Å²) in [4.78, 5) is 2.72. The van der Waals surface area contributed by atoms with Gasteiger partial charge in [-0.25, -0.2) is 0 Å². The van der Waals surface area contributed by atoms with Gasteiger partial charge in [0, 0.05) is 38.8 Å². The number of hydrogen-bond acceptors (Lipinski definition) is 3. The minimum atomic E-state index is 0.458. The highest BCUT2D eigenvalue weighted by Crippen LogP contribution is 2.32. The zero-order chi connectivity index (χ0) is 13.8. The van der Waals surface area contributed by atoms with Gasteiger partial charge in [-0.05, 0) is 31.2 Å². The maximum atomic E-state index is 5.61. The predicted octanol–water partition coefficient (Wildman–Crippen LogP) is 2.59. The average Bonchev–Trinajstić information content (AvgIpc) is 2.56. The Morgan fingerprint density at radius 2 is 2.05 bits per heavy atom. The topological polar surface area (TPSA) is 24.5 Å². The molecule has 110 valence electrons. The van der Waals surface area contributed by atoms with Gasteiger partial charge in [-0.15, -0.1) is 0 Å². The maximum absolute atomic E-state index is 5.61. The molecule has 0 bridgehead atoms. The second kappa shape index (κ2) is 6.70. The fourth-order valence-corrected chi connectivity index (χ4v) is 3.78. The van der Waals surface area contributed by atoms with Gasteiger partial charge in [-0.3, -0.25) is 4.90 Å². The van der Waals surface area contributed by atoms with Gasteiger partial charge in [0.1, 0.15) is 0 Å². The molecule has 2 aliphatic rings. The lowest BCUT2D eigenvalue weighted by Crippen LogP contribution is -2.52. The summed E-state index contributed by atoms with van der Waals surface area (Å²) < 4.78 is 5.61. The Morgan fingerprint density at radius 3 is 2.85 bits per heavy atom. The van der Waals surface area contributed by atoms with Crippen LogP contribution in [0.4, 0.5) is 0 Å². The van der Waals surface area contributed by atoms with Crippen LogP contribution in [0, 0.1) is 0 Å². The maximum Gasteiger partial charge on any atom is 0.0586 e. The molecule has 1 N–H and O–H groups in total. The third-order valence-corrected chi connectivity index (χ3v) is 4.87. The molecule has 0 aromatic heterocycles. The fourth-order valence-electron chi connectivity index (χ4n) is 3.78. The molecule has 1 aliphatic heterocycles. The number of nitrogens with zero attached hydrogens (tertiary/aromatic N) is 1. The van der Waals surface area contributed by atoms with E-state index in [2.05, 4.69) is 40.5 Å². The third kappa shape index (κ3) is 3.05. The summed E-state index contributed by atoms with van der Waals surface area (Å²) >= 11 is 0. The van der Waals surface area contributed by atoms with Crippen molar-refractivity contribution in [2.45, 2.75) is 43.9 Å². The van der Waals surface area contributed by atoms with Crippen molar-refractivity contribution in [1.82, 2.24) is 10.2 Å². The summed E-state index contributed by atoms with van der Waals surface area (Å²) in [7, 11) is 1.86. The van der Waals surface area contributed by atoms with E-state index in [4.69, 9.17) is 4.74 Å². The Bertz CT molecular complexity index is 409. The molecule has 1 aromatic rings. The van der Waals surface area contributed by atoms with Crippen LogP contribution >= 0.6 is 0 Å². The van der Waals surface area contributed by atoms with Crippen LogP contribution in [0.15, 0.2) is 30.3 Å². The highest BCUT2D eigenvalue weighted by Gasteiger charge is 2.33. The van der Waals surface area contributed by atoms with Gasteiger partial charge in [-0.1, -0.05) is 30.3 Å². The quantitative estimate of drug-likeness (QED) is 0.917. The Labute approximate surface area is 122 Å². The standard InChI is InChI=1S/C17H26N2O/c1-20-16-9-5-8-15(12-16)19-11-10-18-13-17(19)14-6-3-2-4-7-14/h2-4,6-7,15-18H,5,8-13H2,1H3. The minimum Gasteiger partial charge on any atom is -0.381 e. The van der Waals surface area contributed by atoms with Crippen molar-refractivity contribution in [3.05, 3.63) is 35.9 Å². The molecule has 1 aromatic carbocycles. The van der Waals surface area contributed by atoms with Crippen LogP contribution in [-0.2, 0) is 4.74 Å². The van der Waals surface area contributed by atoms with Crippen molar-refractivity contribution in [2.75, 3.05) is 26.7 Å². The molecule has 3 atom stereocenters. The van der Waals surface area contributed by atoms with Gasteiger partial charge >= 0.3 is 0 Å². The zero-order valence-corrected chi connectivity index (χ0v) is 12.4. The predicted molar refractivity (Wildman–Crippen MR) is 81.8 cm³/mol. The van der Waals surface area contributed by atoms with E-state index >= 15 is 0 Å². The van der Waals surface area contributed by atoms with E-state index in [-0.39, 0.29) is 0 Å². The molecular formula is C17H26N2O. The van der Waals surface area contributed by atoms with Crippen LogP contribution in [0.3, 0.4) is 0 Å². The molecular weight excluding hydrogens is 248 g/mol. The van der Waals surface area contributed by atoms with E-state index in [1.165, 1.54) is 31.2 Å². The molecule has 0 spiro atoms. The molecule has 20 heavy (non-hydrogen) atoms. The summed E-state index contributed by atoms with van der Waals surface area (Å²) in [6, 6.07) is 12.1. The van der Waals surface area contributed by atoms with Gasteiger partial charge in [0.05, 0.1) is 6.10 Å². The molecule has 3 heteroatoms. The minimum absolute atomic E-state index is 0.458. The SMILES string of the molecule is COC1CCCC(N2CCNCC2c2ccccc2)C1. The van der Waals surface area contributed by atoms with Crippen molar-refractivity contribution in [2.24, 2.45) is 0 Å². The van der Waals surface area contributed by atoms with E-state index < -0.39 is 0 Å². The third-order valence-electron chi connectivity index (χ3n) is 4.87. The highest BCUT2D eigenvalue weighted by molar-refractivity contribution is 5.20. The Morgan fingerprint density at radius 1 is 1.20 bits per heavy atom. The number of ether oxygens (including phenoxy) is 1. The number of hydrogen-bond donors (Lipinski definition) is 1. The van der Waals surface area contributed by atoms with Crippen LogP contribution in [0.1, 0.15) is 37.3 Å². The van der Waals surface area contributed by atoms with Crippen molar-refractivity contribution in [1.29, 1.82) is 0 Å². The summed E-state index contributed by atoms with van der Waals surface area (Å²) in [5, 5.41) is 3.55. The van der Waals surface area contributed by atoms with Crippen LogP contribution in [-0.4, -0.2) is 43.8 Å². The molecule has 1 heterocycles. The van der Waals surface area contributed by atoms with Crippen molar-refractivity contribution >= 4 is 0 Å². The lowest BCUT2D eigenvalue weighted by atomic mass is 9.89. The number of rotatable bonds is 3. The second-order valence-corrected chi connectivity index (χ2v) is 6.05. The summed E-state index contributed by atoms with van der Waals surface area (Å²) in [5.74, 6) is 0. The Balaban J connectivity index is 1.75. The first-order chi connectivity index (χ1) is 9.88. The molecule has 0 radical (unpaired) electrons. The first-order valence-electron chi connectivity index (χ1n) is 7.92. The second-order valence-electron chi connectivity index (χ2n) is 6.05. The molecule has 1 saturated carbocycles.